The van der Waals surface area contributed by atoms with Crippen LogP contribution in [-0.2, 0) is 11.2 Å². The van der Waals surface area contributed by atoms with Gasteiger partial charge in [-0.2, -0.15) is 0 Å². The molecule has 1 aliphatic rings. The molecule has 1 saturated heterocycles. The number of ether oxygens (including phenoxy) is 1. The summed E-state index contributed by atoms with van der Waals surface area (Å²) in [5, 5.41) is 0. The molecule has 1 aromatic rings. The molecule has 18 heavy (non-hydrogen) atoms. The van der Waals surface area contributed by atoms with E-state index in [2.05, 4.69) is 22.9 Å². The van der Waals surface area contributed by atoms with Crippen LogP contribution in [-0.4, -0.2) is 36.1 Å². The molecule has 0 spiro atoms. The van der Waals surface area contributed by atoms with Gasteiger partial charge in [-0.15, -0.1) is 11.3 Å². The Morgan fingerprint density at radius 1 is 1.50 bits per heavy atom. The molecule has 2 rings (SSSR count). The third-order valence-corrected chi connectivity index (χ3v) is 5.23. The van der Waals surface area contributed by atoms with E-state index in [4.69, 9.17) is 4.74 Å². The van der Waals surface area contributed by atoms with Gasteiger partial charge in [0, 0.05) is 22.4 Å². The topological polar surface area (TPSA) is 29.5 Å². The van der Waals surface area contributed by atoms with E-state index in [0.29, 0.717) is 13.1 Å². The third kappa shape index (κ3) is 2.95. The van der Waals surface area contributed by atoms with Gasteiger partial charge in [0.25, 0.3) is 5.91 Å². The van der Waals surface area contributed by atoms with E-state index in [1.807, 2.05) is 24.8 Å². The van der Waals surface area contributed by atoms with Crippen molar-refractivity contribution in [1.82, 2.24) is 4.90 Å². The first-order chi connectivity index (χ1) is 8.51. The van der Waals surface area contributed by atoms with Gasteiger partial charge in [0.05, 0.1) is 17.1 Å². The highest BCUT2D eigenvalue weighted by molar-refractivity contribution is 9.10. The molecular formula is C13H18BrNO2S. The summed E-state index contributed by atoms with van der Waals surface area (Å²) in [5.41, 5.74) is 0. The average molecular weight is 332 g/mol. The second kappa shape index (κ2) is 5.72. The number of rotatable bonds is 2. The van der Waals surface area contributed by atoms with E-state index in [0.717, 1.165) is 15.8 Å². The summed E-state index contributed by atoms with van der Waals surface area (Å²) in [6.45, 7) is 7.49. The first-order valence-corrected chi connectivity index (χ1v) is 7.85. The molecule has 0 N–H and O–H groups in total. The zero-order valence-corrected chi connectivity index (χ0v) is 13.3. The van der Waals surface area contributed by atoms with Gasteiger partial charge < -0.3 is 9.64 Å². The van der Waals surface area contributed by atoms with Crippen molar-refractivity contribution < 1.29 is 9.53 Å². The summed E-state index contributed by atoms with van der Waals surface area (Å²) in [6.07, 6.45) is 1.19. The van der Waals surface area contributed by atoms with Gasteiger partial charge in [0.2, 0.25) is 0 Å². The Morgan fingerprint density at radius 3 is 2.61 bits per heavy atom. The molecule has 0 aromatic carbocycles. The number of nitrogens with zero attached hydrogens (tertiary/aromatic N) is 1. The van der Waals surface area contributed by atoms with Crippen molar-refractivity contribution in [3.05, 3.63) is 20.3 Å². The number of hydrogen-bond donors (Lipinski definition) is 0. The number of halogens is 1. The molecule has 1 amide bonds. The highest BCUT2D eigenvalue weighted by Crippen LogP contribution is 2.29. The number of hydrogen-bond acceptors (Lipinski definition) is 3. The molecule has 0 bridgehead atoms. The Bertz CT molecular complexity index is 436. The van der Waals surface area contributed by atoms with E-state index in [-0.39, 0.29) is 18.1 Å². The van der Waals surface area contributed by atoms with Crippen molar-refractivity contribution in [2.75, 3.05) is 13.1 Å². The molecule has 1 fully saturated rings. The highest BCUT2D eigenvalue weighted by atomic mass is 79.9. The number of morpholine rings is 1. The molecule has 1 aliphatic heterocycles. The summed E-state index contributed by atoms with van der Waals surface area (Å²) < 4.78 is 6.70. The lowest BCUT2D eigenvalue weighted by molar-refractivity contribution is -0.0585. The minimum absolute atomic E-state index is 0.117. The van der Waals surface area contributed by atoms with Crippen molar-refractivity contribution in [3.8, 4) is 0 Å². The maximum absolute atomic E-state index is 12.4. The zero-order chi connectivity index (χ0) is 13.3. The van der Waals surface area contributed by atoms with Crippen LogP contribution < -0.4 is 0 Å². The third-order valence-electron chi connectivity index (χ3n) is 3.00. The maximum atomic E-state index is 12.4. The number of amides is 1. The Labute approximate surface area is 120 Å². The molecule has 2 atom stereocenters. The predicted octanol–water partition coefficient (Wildman–Crippen LogP) is 3.32. The lowest BCUT2D eigenvalue weighted by atomic mass is 10.2. The van der Waals surface area contributed by atoms with Gasteiger partial charge in [-0.3, -0.25) is 4.79 Å². The monoisotopic (exact) mass is 331 g/mol. The molecule has 5 heteroatoms. The largest absolute Gasteiger partial charge is 0.372 e. The van der Waals surface area contributed by atoms with Gasteiger partial charge in [-0.05, 0) is 42.3 Å². The summed E-state index contributed by atoms with van der Waals surface area (Å²) >= 11 is 5.09. The normalized spacial score (nSPS) is 24.3. The minimum Gasteiger partial charge on any atom is -0.372 e. The van der Waals surface area contributed by atoms with Crippen LogP contribution in [0.5, 0.6) is 0 Å². The van der Waals surface area contributed by atoms with Crippen LogP contribution in [0.4, 0.5) is 0 Å². The zero-order valence-electron chi connectivity index (χ0n) is 10.9. The first kappa shape index (κ1) is 14.0. The molecule has 0 radical (unpaired) electrons. The van der Waals surface area contributed by atoms with Crippen molar-refractivity contribution in [3.63, 3.8) is 0 Å². The Kier molecular flexibility index (Phi) is 4.45. The van der Waals surface area contributed by atoms with Gasteiger partial charge in [0.1, 0.15) is 0 Å². The quantitative estimate of drug-likeness (QED) is 0.831. The van der Waals surface area contributed by atoms with Gasteiger partial charge >= 0.3 is 0 Å². The second-order valence-electron chi connectivity index (χ2n) is 4.70. The molecule has 0 saturated carbocycles. The fourth-order valence-electron chi connectivity index (χ4n) is 2.25. The van der Waals surface area contributed by atoms with Gasteiger partial charge in [-0.1, -0.05) is 6.92 Å². The van der Waals surface area contributed by atoms with E-state index < -0.39 is 0 Å². The van der Waals surface area contributed by atoms with Crippen LogP contribution in [0.1, 0.15) is 35.3 Å². The predicted molar refractivity (Wildman–Crippen MR) is 77.3 cm³/mol. The fourth-order valence-corrected chi connectivity index (χ4v) is 4.12. The Morgan fingerprint density at radius 2 is 2.11 bits per heavy atom. The number of carbonyl (C=O) groups is 1. The molecule has 3 nitrogen and oxygen atoms in total. The summed E-state index contributed by atoms with van der Waals surface area (Å²) in [5.74, 6) is 0.127. The molecule has 2 heterocycles. The SMILES string of the molecule is CCc1sc(C(=O)N2C[C@@H](C)O[C@@H](C)C2)cc1Br. The van der Waals surface area contributed by atoms with Crippen molar-refractivity contribution in [2.45, 2.75) is 39.4 Å². The Balaban J connectivity index is 2.14. The Hall–Kier alpha value is -0.390. The van der Waals surface area contributed by atoms with E-state index in [9.17, 15) is 4.79 Å². The first-order valence-electron chi connectivity index (χ1n) is 6.24. The fraction of sp³-hybridized carbons (Fsp3) is 0.615. The van der Waals surface area contributed by atoms with Crippen LogP contribution in [0.25, 0.3) is 0 Å². The molecule has 1 aromatic heterocycles. The van der Waals surface area contributed by atoms with Crippen LogP contribution in [0.3, 0.4) is 0 Å². The molecule has 0 aliphatic carbocycles. The lowest BCUT2D eigenvalue weighted by Gasteiger charge is -2.35. The molecule has 0 unspecified atom stereocenters. The molecular weight excluding hydrogens is 314 g/mol. The summed E-state index contributed by atoms with van der Waals surface area (Å²) in [4.78, 5) is 16.4. The summed E-state index contributed by atoms with van der Waals surface area (Å²) in [6, 6.07) is 1.94. The smallest absolute Gasteiger partial charge is 0.264 e. The standard InChI is InChI=1S/C13H18BrNO2S/c1-4-11-10(14)5-12(18-11)13(16)15-6-8(2)17-9(3)7-15/h5,8-9H,4,6-7H2,1-3H3/t8-,9+. The van der Waals surface area contributed by atoms with Crippen molar-refractivity contribution in [1.29, 1.82) is 0 Å². The summed E-state index contributed by atoms with van der Waals surface area (Å²) in [7, 11) is 0. The van der Waals surface area contributed by atoms with Crippen LogP contribution in [0.2, 0.25) is 0 Å². The second-order valence-corrected chi connectivity index (χ2v) is 6.69. The molecule has 100 valence electrons. The van der Waals surface area contributed by atoms with E-state index in [1.165, 1.54) is 4.88 Å². The van der Waals surface area contributed by atoms with Crippen LogP contribution in [0.15, 0.2) is 10.5 Å². The van der Waals surface area contributed by atoms with Crippen molar-refractivity contribution in [2.24, 2.45) is 0 Å². The van der Waals surface area contributed by atoms with Crippen LogP contribution >= 0.6 is 27.3 Å². The number of aryl methyl sites for hydroxylation is 1. The lowest BCUT2D eigenvalue weighted by Crippen LogP contribution is -2.48. The van der Waals surface area contributed by atoms with Gasteiger partial charge in [0.15, 0.2) is 0 Å². The number of carbonyl (C=O) groups excluding carboxylic acids is 1. The number of thiophene rings is 1. The van der Waals surface area contributed by atoms with Crippen LogP contribution in [0, 0.1) is 0 Å². The van der Waals surface area contributed by atoms with E-state index in [1.54, 1.807) is 11.3 Å². The van der Waals surface area contributed by atoms with E-state index >= 15 is 0 Å². The van der Waals surface area contributed by atoms with Gasteiger partial charge in [-0.25, -0.2) is 0 Å². The highest BCUT2D eigenvalue weighted by Gasteiger charge is 2.27. The maximum Gasteiger partial charge on any atom is 0.264 e. The van der Waals surface area contributed by atoms with Crippen molar-refractivity contribution >= 4 is 33.2 Å². The minimum atomic E-state index is 0.117. The average Bonchev–Trinajstić information content (AvgIpc) is 2.68.